The molecule has 0 aromatic heterocycles. The Balaban J connectivity index is 4.05. The van der Waals surface area contributed by atoms with E-state index in [1.807, 2.05) is 0 Å². The molecule has 0 bridgehead atoms. The number of rotatable bonds is 5. The Morgan fingerprint density at radius 2 is 1.36 bits per heavy atom. The van der Waals surface area contributed by atoms with E-state index in [1.54, 1.807) is 21.3 Å². The van der Waals surface area contributed by atoms with Crippen LogP contribution in [0.2, 0.25) is 4.73 Å². The van der Waals surface area contributed by atoms with Crippen molar-refractivity contribution in [2.75, 3.05) is 21.3 Å². The number of hydrogen-bond donors (Lipinski definition) is 0. The maximum atomic E-state index is 5.29. The topological polar surface area (TPSA) is 27.7 Å². The molecule has 0 saturated heterocycles. The molecular weight excluding hydrogens is 180 g/mol. The fourth-order valence-corrected chi connectivity index (χ4v) is 4.12. The maximum absolute atomic E-state index is 5.29. The molecule has 0 heterocycles. The molecule has 3 nitrogen and oxygen atoms in total. The fourth-order valence-electron chi connectivity index (χ4n) is 1.00. The molecule has 0 aliphatic carbocycles. The summed E-state index contributed by atoms with van der Waals surface area (Å²) in [5.74, 6) is 0.565. The molecule has 0 aliphatic rings. The predicted octanol–water partition coefficient (Wildman–Crippen LogP) is 1.90. The van der Waals surface area contributed by atoms with E-state index in [0.29, 0.717) is 5.92 Å². The van der Waals surface area contributed by atoms with Gasteiger partial charge in [0.15, 0.2) is 0 Å². The normalized spacial score (nSPS) is 12.5. The van der Waals surface area contributed by atoms with Crippen LogP contribution in [-0.4, -0.2) is 21.3 Å². The summed E-state index contributed by atoms with van der Waals surface area (Å²) in [6, 6.07) is 0. The quantitative estimate of drug-likeness (QED) is 0.631. The van der Waals surface area contributed by atoms with Crippen molar-refractivity contribution in [1.82, 2.24) is 0 Å². The van der Waals surface area contributed by atoms with E-state index in [9.17, 15) is 0 Å². The van der Waals surface area contributed by atoms with Crippen LogP contribution in [0.1, 0.15) is 13.8 Å². The SMILES string of the molecule is C[O][Ti]([CH2]C(C)C)([O]C)[O]C. The van der Waals surface area contributed by atoms with Gasteiger partial charge in [-0.3, -0.25) is 0 Å². The number of hydrogen-bond acceptors (Lipinski definition) is 3. The first-order valence-electron chi connectivity index (χ1n) is 3.75. The Bertz CT molecular complexity index is 93.6. The van der Waals surface area contributed by atoms with E-state index in [-0.39, 0.29) is 0 Å². The minimum absolute atomic E-state index is 0.565. The average Bonchev–Trinajstić information content (AvgIpc) is 2.00. The summed E-state index contributed by atoms with van der Waals surface area (Å²) in [7, 11) is 4.99. The Morgan fingerprint density at radius 1 is 1.00 bits per heavy atom. The monoisotopic (exact) mass is 198 g/mol. The van der Waals surface area contributed by atoms with Crippen molar-refractivity contribution in [3.8, 4) is 0 Å². The van der Waals surface area contributed by atoms with Crippen LogP contribution in [0.3, 0.4) is 0 Å². The molecule has 0 saturated carbocycles. The standard InChI is InChI=1S/C4H9.3CH3O.Ti/c1-4(2)3;3*1-2;/h4H,1H2,2-3H3;3*1H3;/q;3*-1;+3. The second kappa shape index (κ2) is 5.28. The zero-order valence-electron chi connectivity index (χ0n) is 8.01. The van der Waals surface area contributed by atoms with Gasteiger partial charge in [0, 0.05) is 0 Å². The molecule has 0 rings (SSSR count). The van der Waals surface area contributed by atoms with Gasteiger partial charge in [-0.15, -0.1) is 0 Å². The third-order valence-corrected chi connectivity index (χ3v) is 6.56. The van der Waals surface area contributed by atoms with E-state index in [4.69, 9.17) is 9.96 Å². The zero-order valence-corrected chi connectivity index (χ0v) is 9.57. The van der Waals surface area contributed by atoms with Gasteiger partial charge in [0.25, 0.3) is 0 Å². The van der Waals surface area contributed by atoms with Crippen LogP contribution in [-0.2, 0) is 27.7 Å². The van der Waals surface area contributed by atoms with Crippen LogP contribution in [0.25, 0.3) is 0 Å². The molecule has 4 heteroatoms. The van der Waals surface area contributed by atoms with Crippen molar-refractivity contribution in [2.24, 2.45) is 5.92 Å². The molecule has 0 amide bonds. The summed E-state index contributed by atoms with van der Waals surface area (Å²) in [4.78, 5) is 0. The van der Waals surface area contributed by atoms with Gasteiger partial charge >= 0.3 is 73.5 Å². The summed E-state index contributed by atoms with van der Waals surface area (Å²) >= 11 is -2.78. The molecule has 11 heavy (non-hydrogen) atoms. The second-order valence-corrected chi connectivity index (χ2v) is 7.58. The predicted molar refractivity (Wildman–Crippen MR) is 40.7 cm³/mol. The van der Waals surface area contributed by atoms with Crippen molar-refractivity contribution in [3.63, 3.8) is 0 Å². The Labute approximate surface area is 73.8 Å². The fraction of sp³-hybridized carbons (Fsp3) is 1.00. The van der Waals surface area contributed by atoms with Gasteiger partial charge in [0.1, 0.15) is 0 Å². The second-order valence-electron chi connectivity index (χ2n) is 2.89. The van der Waals surface area contributed by atoms with E-state index in [1.165, 1.54) is 0 Å². The average molecular weight is 198 g/mol. The van der Waals surface area contributed by atoms with Gasteiger partial charge in [-0.2, -0.15) is 0 Å². The first-order valence-corrected chi connectivity index (χ1v) is 6.77. The van der Waals surface area contributed by atoms with Crippen molar-refractivity contribution in [1.29, 1.82) is 0 Å². The molecule has 0 aromatic rings. The van der Waals surface area contributed by atoms with Gasteiger partial charge in [-0.05, 0) is 0 Å². The van der Waals surface area contributed by atoms with Crippen molar-refractivity contribution in [3.05, 3.63) is 0 Å². The van der Waals surface area contributed by atoms with Crippen LogP contribution in [0.5, 0.6) is 0 Å². The molecular formula is C7H18O3Ti. The Hall–Kier alpha value is 0.594. The van der Waals surface area contributed by atoms with Crippen molar-refractivity contribution in [2.45, 2.75) is 18.6 Å². The summed E-state index contributed by atoms with van der Waals surface area (Å²) < 4.78 is 16.8. The van der Waals surface area contributed by atoms with Crippen LogP contribution in [0.4, 0.5) is 0 Å². The van der Waals surface area contributed by atoms with Crippen LogP contribution < -0.4 is 0 Å². The summed E-state index contributed by atoms with van der Waals surface area (Å²) in [6.45, 7) is 4.27. The Kier molecular flexibility index (Phi) is 5.56. The third-order valence-electron chi connectivity index (χ3n) is 1.59. The van der Waals surface area contributed by atoms with E-state index < -0.39 is 17.8 Å². The summed E-state index contributed by atoms with van der Waals surface area (Å²) in [5, 5.41) is 0. The van der Waals surface area contributed by atoms with Gasteiger partial charge in [0.05, 0.1) is 0 Å². The van der Waals surface area contributed by atoms with E-state index >= 15 is 0 Å². The summed E-state index contributed by atoms with van der Waals surface area (Å²) in [5.41, 5.74) is 0. The minimum atomic E-state index is -2.78. The molecule has 0 aromatic carbocycles. The van der Waals surface area contributed by atoms with Gasteiger partial charge in [-0.1, -0.05) is 0 Å². The first kappa shape index (κ1) is 11.6. The molecule has 68 valence electrons. The van der Waals surface area contributed by atoms with Crippen molar-refractivity contribution >= 4 is 0 Å². The molecule has 0 spiro atoms. The van der Waals surface area contributed by atoms with E-state index in [0.717, 1.165) is 4.73 Å². The zero-order chi connectivity index (χ0) is 8.91. The Morgan fingerprint density at radius 3 is 1.45 bits per heavy atom. The first-order chi connectivity index (χ1) is 5.10. The van der Waals surface area contributed by atoms with Gasteiger partial charge in [0.2, 0.25) is 0 Å². The van der Waals surface area contributed by atoms with Crippen LogP contribution in [0.15, 0.2) is 0 Å². The van der Waals surface area contributed by atoms with Crippen LogP contribution >= 0.6 is 0 Å². The molecule has 0 fully saturated rings. The summed E-state index contributed by atoms with van der Waals surface area (Å²) in [6.07, 6.45) is 0. The molecule has 0 aliphatic heterocycles. The molecule has 0 atom stereocenters. The van der Waals surface area contributed by atoms with Gasteiger partial charge < -0.3 is 0 Å². The van der Waals surface area contributed by atoms with Crippen LogP contribution in [0, 0.1) is 5.92 Å². The molecule has 0 unspecified atom stereocenters. The molecule has 0 radical (unpaired) electrons. The third kappa shape index (κ3) is 3.67. The van der Waals surface area contributed by atoms with E-state index in [2.05, 4.69) is 13.8 Å². The van der Waals surface area contributed by atoms with Crippen molar-refractivity contribution < 1.29 is 27.7 Å². The van der Waals surface area contributed by atoms with Gasteiger partial charge in [-0.25, -0.2) is 0 Å². The molecule has 0 N–H and O–H groups in total.